The summed E-state index contributed by atoms with van der Waals surface area (Å²) in [4.78, 5) is 34.7. The van der Waals surface area contributed by atoms with E-state index in [1.54, 1.807) is 12.1 Å². The molecule has 1 amide bonds. The summed E-state index contributed by atoms with van der Waals surface area (Å²) in [5.74, 6) is -0.634. The third kappa shape index (κ3) is 3.25. The van der Waals surface area contributed by atoms with Gasteiger partial charge in [0, 0.05) is 23.2 Å². The lowest BCUT2D eigenvalue weighted by Gasteiger charge is -2.07. The van der Waals surface area contributed by atoms with Gasteiger partial charge in [0.15, 0.2) is 0 Å². The molecule has 1 heterocycles. The molecule has 0 radical (unpaired) electrons. The topological polar surface area (TPSA) is 102 Å². The van der Waals surface area contributed by atoms with Crippen molar-refractivity contribution in [3.63, 3.8) is 0 Å². The van der Waals surface area contributed by atoms with Crippen LogP contribution in [0.15, 0.2) is 51.7 Å². The molecule has 7 nitrogen and oxygen atoms in total. The molecule has 1 aromatic heterocycles. The highest BCUT2D eigenvalue weighted by Crippen LogP contribution is 2.21. The molecule has 0 saturated heterocycles. The van der Waals surface area contributed by atoms with E-state index in [0.717, 1.165) is 11.1 Å². The molecule has 126 valence electrons. The third-order valence-electron chi connectivity index (χ3n) is 3.94. The summed E-state index contributed by atoms with van der Waals surface area (Å²) < 4.78 is 5.09. The predicted molar refractivity (Wildman–Crippen MR) is 93.0 cm³/mol. The Bertz CT molecular complexity index is 1070. The minimum absolute atomic E-state index is 0.151. The SMILES string of the molecule is Cc1ccc(NC(=O)c2cc3cc([N+](=O)[O-])ccc3oc2=O)cc1C. The van der Waals surface area contributed by atoms with Crippen LogP contribution in [-0.4, -0.2) is 10.8 Å². The van der Waals surface area contributed by atoms with E-state index in [4.69, 9.17) is 4.42 Å². The number of non-ortho nitro benzene ring substituents is 1. The second kappa shape index (κ2) is 6.20. The van der Waals surface area contributed by atoms with Crippen LogP contribution < -0.4 is 10.9 Å². The maximum Gasteiger partial charge on any atom is 0.349 e. The Balaban J connectivity index is 1.99. The summed E-state index contributed by atoms with van der Waals surface area (Å²) in [7, 11) is 0. The Kier molecular flexibility index (Phi) is 4.06. The van der Waals surface area contributed by atoms with Gasteiger partial charge in [-0.15, -0.1) is 0 Å². The van der Waals surface area contributed by atoms with Crippen LogP contribution in [0.1, 0.15) is 21.5 Å². The second-order valence-corrected chi connectivity index (χ2v) is 5.68. The number of nitro groups is 1. The van der Waals surface area contributed by atoms with E-state index in [0.29, 0.717) is 11.1 Å². The second-order valence-electron chi connectivity index (χ2n) is 5.68. The minimum Gasteiger partial charge on any atom is -0.422 e. The van der Waals surface area contributed by atoms with Crippen molar-refractivity contribution in [1.29, 1.82) is 0 Å². The van der Waals surface area contributed by atoms with Crippen LogP contribution in [0.2, 0.25) is 0 Å². The van der Waals surface area contributed by atoms with Crippen molar-refractivity contribution < 1.29 is 14.1 Å². The number of amides is 1. The fraction of sp³-hybridized carbons (Fsp3) is 0.111. The molecule has 3 rings (SSSR count). The molecule has 2 aromatic carbocycles. The summed E-state index contributed by atoms with van der Waals surface area (Å²) in [6.07, 6.45) is 0. The molecule has 0 atom stereocenters. The number of hydrogen-bond donors (Lipinski definition) is 1. The van der Waals surface area contributed by atoms with Gasteiger partial charge < -0.3 is 9.73 Å². The number of anilines is 1. The average Bonchev–Trinajstić information content (AvgIpc) is 2.57. The molecule has 0 unspecified atom stereocenters. The summed E-state index contributed by atoms with van der Waals surface area (Å²) in [5.41, 5.74) is 1.63. The average molecular weight is 338 g/mol. The van der Waals surface area contributed by atoms with E-state index >= 15 is 0 Å². The van der Waals surface area contributed by atoms with Crippen molar-refractivity contribution in [2.45, 2.75) is 13.8 Å². The smallest absolute Gasteiger partial charge is 0.349 e. The number of fused-ring (bicyclic) bond motifs is 1. The van der Waals surface area contributed by atoms with Crippen molar-refractivity contribution in [1.82, 2.24) is 0 Å². The van der Waals surface area contributed by atoms with Gasteiger partial charge in [0.1, 0.15) is 11.1 Å². The van der Waals surface area contributed by atoms with E-state index in [-0.39, 0.29) is 16.8 Å². The van der Waals surface area contributed by atoms with Gasteiger partial charge in [-0.3, -0.25) is 14.9 Å². The van der Waals surface area contributed by atoms with Crippen LogP contribution >= 0.6 is 0 Å². The van der Waals surface area contributed by atoms with Crippen molar-refractivity contribution in [2.75, 3.05) is 5.32 Å². The molecule has 25 heavy (non-hydrogen) atoms. The zero-order chi connectivity index (χ0) is 18.1. The molecule has 0 saturated carbocycles. The number of nitrogens with zero attached hydrogens (tertiary/aromatic N) is 1. The number of carbonyl (C=O) groups is 1. The molecule has 0 fully saturated rings. The summed E-state index contributed by atoms with van der Waals surface area (Å²) in [6.45, 7) is 3.86. The fourth-order valence-electron chi connectivity index (χ4n) is 2.40. The first-order chi connectivity index (χ1) is 11.8. The van der Waals surface area contributed by atoms with Gasteiger partial charge in [-0.1, -0.05) is 6.07 Å². The maximum absolute atomic E-state index is 12.4. The van der Waals surface area contributed by atoms with E-state index < -0.39 is 16.5 Å². The van der Waals surface area contributed by atoms with Crippen molar-refractivity contribution >= 4 is 28.3 Å². The number of aryl methyl sites for hydroxylation is 2. The fourth-order valence-corrected chi connectivity index (χ4v) is 2.40. The third-order valence-corrected chi connectivity index (χ3v) is 3.94. The van der Waals surface area contributed by atoms with Gasteiger partial charge in [0.25, 0.3) is 11.6 Å². The maximum atomic E-state index is 12.4. The van der Waals surface area contributed by atoms with Gasteiger partial charge in [-0.2, -0.15) is 0 Å². The number of nitro benzene ring substituents is 1. The normalized spacial score (nSPS) is 10.6. The molecular weight excluding hydrogens is 324 g/mol. The van der Waals surface area contributed by atoms with Crippen molar-refractivity contribution in [3.05, 3.63) is 79.7 Å². The van der Waals surface area contributed by atoms with Gasteiger partial charge in [-0.05, 0) is 49.2 Å². The number of hydrogen-bond acceptors (Lipinski definition) is 5. The molecule has 7 heteroatoms. The van der Waals surface area contributed by atoms with Crippen LogP contribution in [0.25, 0.3) is 11.0 Å². The largest absolute Gasteiger partial charge is 0.422 e. The summed E-state index contributed by atoms with van der Waals surface area (Å²) >= 11 is 0. The Morgan fingerprint density at radius 2 is 1.84 bits per heavy atom. The zero-order valence-electron chi connectivity index (χ0n) is 13.5. The van der Waals surface area contributed by atoms with Crippen LogP contribution in [0, 0.1) is 24.0 Å². The van der Waals surface area contributed by atoms with E-state index in [9.17, 15) is 19.7 Å². The highest BCUT2D eigenvalue weighted by Gasteiger charge is 2.16. The van der Waals surface area contributed by atoms with Gasteiger partial charge in [-0.25, -0.2) is 4.79 Å². The summed E-state index contributed by atoms with van der Waals surface area (Å²) in [5, 5.41) is 13.8. The van der Waals surface area contributed by atoms with E-state index in [2.05, 4.69) is 5.32 Å². The Hall–Kier alpha value is -3.48. The van der Waals surface area contributed by atoms with Crippen LogP contribution in [0.4, 0.5) is 11.4 Å². The van der Waals surface area contributed by atoms with Gasteiger partial charge >= 0.3 is 5.63 Å². The Morgan fingerprint density at radius 1 is 1.08 bits per heavy atom. The van der Waals surface area contributed by atoms with Gasteiger partial charge in [0.2, 0.25) is 0 Å². The molecular formula is C18H14N2O5. The number of rotatable bonds is 3. The molecule has 0 aliphatic carbocycles. The molecule has 0 aliphatic rings. The first kappa shape index (κ1) is 16.4. The lowest BCUT2D eigenvalue weighted by atomic mass is 10.1. The minimum atomic E-state index is -0.803. The monoisotopic (exact) mass is 338 g/mol. The van der Waals surface area contributed by atoms with Gasteiger partial charge in [0.05, 0.1) is 4.92 Å². The van der Waals surface area contributed by atoms with Crippen LogP contribution in [-0.2, 0) is 0 Å². The number of nitrogens with one attached hydrogen (secondary N) is 1. The van der Waals surface area contributed by atoms with Crippen molar-refractivity contribution in [3.8, 4) is 0 Å². The number of benzene rings is 2. The lowest BCUT2D eigenvalue weighted by Crippen LogP contribution is -2.20. The lowest BCUT2D eigenvalue weighted by molar-refractivity contribution is -0.384. The van der Waals surface area contributed by atoms with E-state index in [1.165, 1.54) is 24.3 Å². The predicted octanol–water partition coefficient (Wildman–Crippen LogP) is 3.57. The van der Waals surface area contributed by atoms with Crippen LogP contribution in [0.5, 0.6) is 0 Å². The standard InChI is InChI=1S/C18H14N2O5/c1-10-3-4-13(7-11(10)2)19-17(21)15-9-12-8-14(20(23)24)5-6-16(12)25-18(15)22/h3-9H,1-2H3,(H,19,21). The Labute approximate surface area is 142 Å². The molecule has 0 aliphatic heterocycles. The first-order valence-electron chi connectivity index (χ1n) is 7.46. The first-order valence-corrected chi connectivity index (χ1v) is 7.46. The molecule has 0 spiro atoms. The van der Waals surface area contributed by atoms with Crippen molar-refractivity contribution in [2.24, 2.45) is 0 Å². The molecule has 1 N–H and O–H groups in total. The van der Waals surface area contributed by atoms with E-state index in [1.807, 2.05) is 19.9 Å². The highest BCUT2D eigenvalue weighted by molar-refractivity contribution is 6.05. The number of carbonyl (C=O) groups excluding carboxylic acids is 1. The molecule has 0 bridgehead atoms. The molecule has 3 aromatic rings. The zero-order valence-corrected chi connectivity index (χ0v) is 13.5. The van der Waals surface area contributed by atoms with Crippen LogP contribution in [0.3, 0.4) is 0 Å². The highest BCUT2D eigenvalue weighted by atomic mass is 16.6. The quantitative estimate of drug-likeness (QED) is 0.447. The summed E-state index contributed by atoms with van der Waals surface area (Å²) in [6, 6.07) is 10.5. The Morgan fingerprint density at radius 3 is 2.52 bits per heavy atom.